The number of primary amides is 1. The molecule has 5 heteroatoms. The summed E-state index contributed by atoms with van der Waals surface area (Å²) in [5.74, 6) is 0.0445. The second kappa shape index (κ2) is 7.36. The first-order chi connectivity index (χ1) is 8.90. The van der Waals surface area contributed by atoms with Crippen molar-refractivity contribution in [3.8, 4) is 5.75 Å². The fourth-order valence-electron chi connectivity index (χ4n) is 1.44. The second-order valence-corrected chi connectivity index (χ2v) is 5.34. The average Bonchev–Trinajstić information content (AvgIpc) is 2.34. The number of hydrogen-bond acceptors (Lipinski definition) is 3. The van der Waals surface area contributed by atoms with Crippen LogP contribution in [-0.4, -0.2) is 18.6 Å². The smallest absolute Gasteiger partial charge is 0.223 e. The molecule has 106 valence electrons. The Labute approximate surface area is 119 Å². The van der Waals surface area contributed by atoms with Crippen LogP contribution in [0.25, 0.3) is 0 Å². The molecular formula is C14H21ClN2O2. The van der Waals surface area contributed by atoms with E-state index in [0.29, 0.717) is 17.6 Å². The van der Waals surface area contributed by atoms with Gasteiger partial charge in [0, 0.05) is 23.2 Å². The van der Waals surface area contributed by atoms with Gasteiger partial charge in [0.25, 0.3) is 0 Å². The minimum atomic E-state index is -0.365. The molecular weight excluding hydrogens is 264 g/mol. The Kier molecular flexibility index (Phi) is 6.12. The van der Waals surface area contributed by atoms with Gasteiger partial charge in [-0.15, -0.1) is 0 Å². The van der Waals surface area contributed by atoms with Gasteiger partial charge in [0.15, 0.2) is 0 Å². The largest absolute Gasteiger partial charge is 0.492 e. The zero-order chi connectivity index (χ0) is 14.4. The molecule has 1 aromatic rings. The summed E-state index contributed by atoms with van der Waals surface area (Å²) in [4.78, 5) is 11.0. The van der Waals surface area contributed by atoms with Crippen LogP contribution >= 0.6 is 11.6 Å². The molecule has 1 unspecified atom stereocenters. The lowest BCUT2D eigenvalue weighted by Crippen LogP contribution is -2.26. The first-order valence-corrected chi connectivity index (χ1v) is 6.72. The minimum Gasteiger partial charge on any atom is -0.492 e. The van der Waals surface area contributed by atoms with E-state index in [1.807, 2.05) is 12.1 Å². The predicted molar refractivity (Wildman–Crippen MR) is 77.3 cm³/mol. The summed E-state index contributed by atoms with van der Waals surface area (Å²) in [6.45, 7) is 6.81. The van der Waals surface area contributed by atoms with Crippen LogP contribution in [0, 0.1) is 5.92 Å². The van der Waals surface area contributed by atoms with Gasteiger partial charge in [-0.1, -0.05) is 32.4 Å². The Bertz CT molecular complexity index is 435. The Hall–Kier alpha value is -1.26. The lowest BCUT2D eigenvalue weighted by molar-refractivity contribution is -0.122. The third-order valence-corrected chi connectivity index (χ3v) is 2.93. The van der Waals surface area contributed by atoms with Gasteiger partial charge in [0.2, 0.25) is 5.91 Å². The van der Waals surface area contributed by atoms with Crippen molar-refractivity contribution in [3.05, 3.63) is 28.8 Å². The topological polar surface area (TPSA) is 64.3 Å². The molecule has 1 atom stereocenters. The van der Waals surface area contributed by atoms with Crippen molar-refractivity contribution in [1.29, 1.82) is 0 Å². The molecule has 0 aliphatic rings. The van der Waals surface area contributed by atoms with Crippen LogP contribution in [0.5, 0.6) is 5.75 Å². The molecule has 0 aromatic heterocycles. The van der Waals surface area contributed by atoms with E-state index < -0.39 is 0 Å². The molecule has 0 heterocycles. The molecule has 1 rings (SSSR count). The number of carbonyl (C=O) groups is 1. The van der Waals surface area contributed by atoms with Crippen LogP contribution in [-0.2, 0) is 11.3 Å². The van der Waals surface area contributed by atoms with Crippen molar-refractivity contribution in [2.45, 2.75) is 33.4 Å². The predicted octanol–water partition coefficient (Wildman–Crippen LogP) is 2.34. The minimum absolute atomic E-state index is 0.269. The van der Waals surface area contributed by atoms with Gasteiger partial charge in [-0.25, -0.2) is 0 Å². The highest BCUT2D eigenvalue weighted by molar-refractivity contribution is 6.30. The highest BCUT2D eigenvalue weighted by atomic mass is 35.5. The number of ether oxygens (including phenoxy) is 1. The van der Waals surface area contributed by atoms with E-state index in [-0.39, 0.29) is 18.4 Å². The Morgan fingerprint density at radius 3 is 2.68 bits per heavy atom. The number of amides is 1. The van der Waals surface area contributed by atoms with Crippen LogP contribution in [0.15, 0.2) is 18.2 Å². The highest BCUT2D eigenvalue weighted by Crippen LogP contribution is 2.23. The van der Waals surface area contributed by atoms with E-state index in [4.69, 9.17) is 22.1 Å². The molecule has 0 aliphatic heterocycles. The van der Waals surface area contributed by atoms with E-state index in [9.17, 15) is 4.79 Å². The monoisotopic (exact) mass is 284 g/mol. The summed E-state index contributed by atoms with van der Waals surface area (Å²) in [7, 11) is 0. The Balaban J connectivity index is 2.73. The molecule has 0 radical (unpaired) electrons. The summed E-state index contributed by atoms with van der Waals surface area (Å²) >= 11 is 5.99. The Morgan fingerprint density at radius 2 is 2.11 bits per heavy atom. The van der Waals surface area contributed by atoms with E-state index in [1.54, 1.807) is 13.0 Å². The standard InChI is InChI=1S/C14H21ClN2O2/c1-9(2)17-7-11-6-12(15)4-5-13(11)19-8-10(3)14(16)18/h4-6,9-10,17H,7-8H2,1-3H3,(H2,16,18). The average molecular weight is 285 g/mol. The molecule has 1 aromatic carbocycles. The lowest BCUT2D eigenvalue weighted by Gasteiger charge is -2.15. The molecule has 0 saturated carbocycles. The van der Waals surface area contributed by atoms with Crippen LogP contribution in [0.1, 0.15) is 26.3 Å². The van der Waals surface area contributed by atoms with Crippen molar-refractivity contribution in [2.75, 3.05) is 6.61 Å². The van der Waals surface area contributed by atoms with Crippen molar-refractivity contribution in [3.63, 3.8) is 0 Å². The first-order valence-electron chi connectivity index (χ1n) is 6.34. The lowest BCUT2D eigenvalue weighted by atomic mass is 10.1. The maximum Gasteiger partial charge on any atom is 0.223 e. The third-order valence-electron chi connectivity index (χ3n) is 2.70. The number of nitrogens with two attached hydrogens (primary N) is 1. The number of hydrogen-bond donors (Lipinski definition) is 2. The number of nitrogens with one attached hydrogen (secondary N) is 1. The van der Waals surface area contributed by atoms with E-state index in [0.717, 1.165) is 11.3 Å². The van der Waals surface area contributed by atoms with Gasteiger partial charge in [-0.05, 0) is 18.2 Å². The molecule has 4 nitrogen and oxygen atoms in total. The van der Waals surface area contributed by atoms with Crippen LogP contribution in [0.2, 0.25) is 5.02 Å². The Morgan fingerprint density at radius 1 is 1.42 bits per heavy atom. The van der Waals surface area contributed by atoms with Crippen molar-refractivity contribution < 1.29 is 9.53 Å². The highest BCUT2D eigenvalue weighted by Gasteiger charge is 2.11. The summed E-state index contributed by atoms with van der Waals surface area (Å²) in [6, 6.07) is 5.82. The SMILES string of the molecule is CC(C)NCc1cc(Cl)ccc1OCC(C)C(N)=O. The number of benzene rings is 1. The zero-order valence-electron chi connectivity index (χ0n) is 11.6. The van der Waals surface area contributed by atoms with Crippen molar-refractivity contribution in [1.82, 2.24) is 5.32 Å². The summed E-state index contributed by atoms with van der Waals surface area (Å²) in [5, 5.41) is 3.97. The number of rotatable bonds is 7. The normalized spacial score (nSPS) is 12.5. The van der Waals surface area contributed by atoms with Gasteiger partial charge in [0.1, 0.15) is 5.75 Å². The quantitative estimate of drug-likeness (QED) is 0.808. The molecule has 0 bridgehead atoms. The molecule has 3 N–H and O–H groups in total. The van der Waals surface area contributed by atoms with Gasteiger partial charge >= 0.3 is 0 Å². The van der Waals surface area contributed by atoms with Gasteiger partial charge in [-0.3, -0.25) is 4.79 Å². The summed E-state index contributed by atoms with van der Waals surface area (Å²) < 4.78 is 5.65. The molecule has 19 heavy (non-hydrogen) atoms. The summed E-state index contributed by atoms with van der Waals surface area (Å²) in [6.07, 6.45) is 0. The second-order valence-electron chi connectivity index (χ2n) is 4.90. The summed E-state index contributed by atoms with van der Waals surface area (Å²) in [5.41, 5.74) is 6.18. The fraction of sp³-hybridized carbons (Fsp3) is 0.500. The maximum atomic E-state index is 11.0. The van der Waals surface area contributed by atoms with Crippen molar-refractivity contribution >= 4 is 17.5 Å². The molecule has 0 aliphatic carbocycles. The molecule has 0 saturated heterocycles. The van der Waals surface area contributed by atoms with Gasteiger partial charge in [-0.2, -0.15) is 0 Å². The maximum absolute atomic E-state index is 11.0. The van der Waals surface area contributed by atoms with Crippen LogP contribution < -0.4 is 15.8 Å². The fourth-order valence-corrected chi connectivity index (χ4v) is 1.63. The van der Waals surface area contributed by atoms with Crippen LogP contribution in [0.4, 0.5) is 0 Å². The van der Waals surface area contributed by atoms with E-state index >= 15 is 0 Å². The zero-order valence-corrected chi connectivity index (χ0v) is 12.3. The van der Waals surface area contributed by atoms with E-state index in [1.165, 1.54) is 0 Å². The van der Waals surface area contributed by atoms with Gasteiger partial charge < -0.3 is 15.8 Å². The first kappa shape index (κ1) is 15.8. The molecule has 0 spiro atoms. The number of halogens is 1. The number of carbonyl (C=O) groups excluding carboxylic acids is 1. The van der Waals surface area contributed by atoms with Crippen LogP contribution in [0.3, 0.4) is 0 Å². The molecule has 1 amide bonds. The van der Waals surface area contributed by atoms with Gasteiger partial charge in [0.05, 0.1) is 12.5 Å². The van der Waals surface area contributed by atoms with E-state index in [2.05, 4.69) is 19.2 Å². The third kappa shape index (κ3) is 5.49. The van der Waals surface area contributed by atoms with Crippen molar-refractivity contribution in [2.24, 2.45) is 11.7 Å². The molecule has 0 fully saturated rings.